The summed E-state index contributed by atoms with van der Waals surface area (Å²) < 4.78 is 3.60. The third kappa shape index (κ3) is 2.35. The number of hydrogen-bond donors (Lipinski definition) is 2. The zero-order valence-corrected chi connectivity index (χ0v) is 9.24. The summed E-state index contributed by atoms with van der Waals surface area (Å²) >= 11 is 1.03. The molecule has 7 heteroatoms. The quantitative estimate of drug-likeness (QED) is 0.805. The maximum absolute atomic E-state index is 11.6. The fraction of sp³-hybridized carbons (Fsp3) is 0.556. The van der Waals surface area contributed by atoms with E-state index >= 15 is 0 Å². The molecule has 0 bridgehead atoms. The Morgan fingerprint density at radius 2 is 2.31 bits per heavy atom. The van der Waals surface area contributed by atoms with E-state index < -0.39 is 5.97 Å². The first-order valence-electron chi connectivity index (χ1n) is 4.98. The number of nitrogens with zero attached hydrogens (tertiary/aromatic N) is 2. The first-order chi connectivity index (χ1) is 7.66. The minimum atomic E-state index is -0.781. The van der Waals surface area contributed by atoms with Crippen molar-refractivity contribution in [2.45, 2.75) is 25.3 Å². The monoisotopic (exact) mass is 241 g/mol. The second-order valence-corrected chi connectivity index (χ2v) is 4.59. The molecule has 1 amide bonds. The van der Waals surface area contributed by atoms with Crippen LogP contribution in [0.5, 0.6) is 0 Å². The Labute approximate surface area is 95.8 Å². The molecule has 16 heavy (non-hydrogen) atoms. The molecule has 6 nitrogen and oxygen atoms in total. The number of amides is 1. The van der Waals surface area contributed by atoms with E-state index in [2.05, 4.69) is 14.9 Å². The number of carboxylic acids is 1. The highest BCUT2D eigenvalue weighted by atomic mass is 32.1. The molecule has 0 radical (unpaired) electrons. The van der Waals surface area contributed by atoms with Gasteiger partial charge in [0.05, 0.1) is 12.1 Å². The van der Waals surface area contributed by atoms with Crippen molar-refractivity contribution in [3.8, 4) is 0 Å². The zero-order valence-electron chi connectivity index (χ0n) is 8.42. The van der Waals surface area contributed by atoms with Gasteiger partial charge in [0.2, 0.25) is 0 Å². The van der Waals surface area contributed by atoms with E-state index in [0.717, 1.165) is 18.0 Å². The minimum Gasteiger partial charge on any atom is -0.481 e. The molecule has 2 atom stereocenters. The van der Waals surface area contributed by atoms with Crippen LogP contribution in [-0.2, 0) is 4.79 Å². The maximum Gasteiger partial charge on any atom is 0.306 e. The van der Waals surface area contributed by atoms with Gasteiger partial charge in [0.25, 0.3) is 5.91 Å². The van der Waals surface area contributed by atoms with Crippen LogP contribution in [0.1, 0.15) is 28.9 Å². The molecule has 1 saturated carbocycles. The number of aromatic nitrogens is 2. The Hall–Kier alpha value is -1.50. The number of carbonyl (C=O) groups is 2. The molecule has 2 rings (SSSR count). The molecule has 1 aliphatic rings. The van der Waals surface area contributed by atoms with E-state index in [4.69, 9.17) is 5.11 Å². The van der Waals surface area contributed by atoms with Crippen LogP contribution in [0.4, 0.5) is 0 Å². The summed E-state index contributed by atoms with van der Waals surface area (Å²) in [6, 6.07) is -0.0456. The van der Waals surface area contributed by atoms with Gasteiger partial charge in [-0.05, 0) is 30.8 Å². The summed E-state index contributed by atoms with van der Waals surface area (Å²) in [7, 11) is 0. The van der Waals surface area contributed by atoms with Crippen molar-refractivity contribution >= 4 is 23.4 Å². The van der Waals surface area contributed by atoms with Crippen molar-refractivity contribution in [2.24, 2.45) is 5.92 Å². The Balaban J connectivity index is 1.88. The van der Waals surface area contributed by atoms with Crippen LogP contribution in [0.25, 0.3) is 0 Å². The smallest absolute Gasteiger partial charge is 0.306 e. The SMILES string of the molecule is O=C(N[C@@H]1CC[C@H](C(=O)O)C1)c1cnns1. The highest BCUT2D eigenvalue weighted by Crippen LogP contribution is 2.25. The van der Waals surface area contributed by atoms with Crippen LogP contribution in [0, 0.1) is 5.92 Å². The molecule has 1 fully saturated rings. The number of carbonyl (C=O) groups excluding carboxylic acids is 1. The van der Waals surface area contributed by atoms with Gasteiger partial charge in [-0.25, -0.2) is 0 Å². The Kier molecular flexibility index (Phi) is 3.14. The van der Waals surface area contributed by atoms with Gasteiger partial charge < -0.3 is 10.4 Å². The summed E-state index contributed by atoms with van der Waals surface area (Å²) in [5, 5.41) is 15.2. The van der Waals surface area contributed by atoms with E-state index in [1.165, 1.54) is 6.20 Å². The first-order valence-corrected chi connectivity index (χ1v) is 5.75. The molecule has 0 unspecified atom stereocenters. The number of carboxylic acid groups (broad SMARTS) is 1. The summed E-state index contributed by atoms with van der Waals surface area (Å²) in [6.07, 6.45) is 3.26. The standard InChI is InChI=1S/C9H11N3O3S/c13-8(7-4-10-12-16-7)11-6-2-1-5(3-6)9(14)15/h4-6H,1-3H2,(H,11,13)(H,14,15)/t5-,6+/m0/s1. The van der Waals surface area contributed by atoms with Gasteiger partial charge in [0.15, 0.2) is 0 Å². The first kappa shape index (κ1) is 11.0. The van der Waals surface area contributed by atoms with Gasteiger partial charge in [0.1, 0.15) is 4.88 Å². The second kappa shape index (κ2) is 4.56. The lowest BCUT2D eigenvalue weighted by Crippen LogP contribution is -2.32. The van der Waals surface area contributed by atoms with Crippen LogP contribution in [0.15, 0.2) is 6.20 Å². The normalized spacial score (nSPS) is 24.2. The average Bonchev–Trinajstić information content (AvgIpc) is 2.87. The van der Waals surface area contributed by atoms with Crippen molar-refractivity contribution in [3.63, 3.8) is 0 Å². The van der Waals surface area contributed by atoms with E-state index in [9.17, 15) is 9.59 Å². The number of rotatable bonds is 3. The summed E-state index contributed by atoms with van der Waals surface area (Å²) in [5.41, 5.74) is 0. The number of aliphatic carboxylic acids is 1. The fourth-order valence-corrected chi connectivity index (χ4v) is 2.28. The zero-order chi connectivity index (χ0) is 11.5. The number of hydrogen-bond acceptors (Lipinski definition) is 5. The largest absolute Gasteiger partial charge is 0.481 e. The predicted octanol–water partition coefficient (Wildman–Crippen LogP) is 0.521. The summed E-state index contributed by atoms with van der Waals surface area (Å²) in [4.78, 5) is 22.8. The van der Waals surface area contributed by atoms with Gasteiger partial charge in [0, 0.05) is 6.04 Å². The lowest BCUT2D eigenvalue weighted by atomic mass is 10.1. The maximum atomic E-state index is 11.6. The van der Waals surface area contributed by atoms with Crippen molar-refractivity contribution in [1.82, 2.24) is 14.9 Å². The Morgan fingerprint density at radius 1 is 1.50 bits per heavy atom. The second-order valence-electron chi connectivity index (χ2n) is 3.80. The molecular weight excluding hydrogens is 230 g/mol. The van der Waals surface area contributed by atoms with Crippen LogP contribution in [-0.4, -0.2) is 32.6 Å². The van der Waals surface area contributed by atoms with E-state index in [1.807, 2.05) is 0 Å². The van der Waals surface area contributed by atoms with E-state index in [-0.39, 0.29) is 17.9 Å². The van der Waals surface area contributed by atoms with Crippen molar-refractivity contribution < 1.29 is 14.7 Å². The van der Waals surface area contributed by atoms with Crippen LogP contribution < -0.4 is 5.32 Å². The molecule has 2 N–H and O–H groups in total. The average molecular weight is 241 g/mol. The fourth-order valence-electron chi connectivity index (χ4n) is 1.86. The van der Waals surface area contributed by atoms with Gasteiger partial charge in [-0.1, -0.05) is 4.49 Å². The molecule has 1 aliphatic carbocycles. The lowest BCUT2D eigenvalue weighted by Gasteiger charge is -2.10. The van der Waals surface area contributed by atoms with Gasteiger partial charge in [-0.2, -0.15) is 0 Å². The van der Waals surface area contributed by atoms with Crippen LogP contribution >= 0.6 is 11.5 Å². The topological polar surface area (TPSA) is 92.2 Å². The van der Waals surface area contributed by atoms with Gasteiger partial charge >= 0.3 is 5.97 Å². The number of nitrogens with one attached hydrogen (secondary N) is 1. The van der Waals surface area contributed by atoms with E-state index in [0.29, 0.717) is 17.7 Å². The van der Waals surface area contributed by atoms with E-state index in [1.54, 1.807) is 0 Å². The molecular formula is C9H11N3O3S. The summed E-state index contributed by atoms with van der Waals surface area (Å²) in [6.45, 7) is 0. The van der Waals surface area contributed by atoms with Gasteiger partial charge in [-0.3, -0.25) is 9.59 Å². The molecule has 1 aromatic heterocycles. The third-order valence-corrected chi connectivity index (χ3v) is 3.37. The van der Waals surface area contributed by atoms with Crippen molar-refractivity contribution in [3.05, 3.63) is 11.1 Å². The highest BCUT2D eigenvalue weighted by Gasteiger charge is 2.30. The predicted molar refractivity (Wildman–Crippen MR) is 56.1 cm³/mol. The summed E-state index contributed by atoms with van der Waals surface area (Å²) in [5.74, 6) is -1.33. The molecule has 0 spiro atoms. The molecule has 1 aromatic rings. The van der Waals surface area contributed by atoms with Gasteiger partial charge in [-0.15, -0.1) is 5.10 Å². The molecule has 0 aliphatic heterocycles. The van der Waals surface area contributed by atoms with Crippen molar-refractivity contribution in [2.75, 3.05) is 0 Å². The lowest BCUT2D eigenvalue weighted by molar-refractivity contribution is -0.141. The molecule has 86 valence electrons. The third-order valence-electron chi connectivity index (χ3n) is 2.70. The van der Waals surface area contributed by atoms with Crippen LogP contribution in [0.2, 0.25) is 0 Å². The minimum absolute atomic E-state index is 0.0456. The highest BCUT2D eigenvalue weighted by molar-refractivity contribution is 7.07. The van der Waals surface area contributed by atoms with Crippen LogP contribution in [0.3, 0.4) is 0 Å². The Morgan fingerprint density at radius 3 is 2.88 bits per heavy atom. The molecule has 0 aromatic carbocycles. The molecule has 0 saturated heterocycles. The Bertz CT molecular complexity index is 393. The molecule has 1 heterocycles. The van der Waals surface area contributed by atoms with Crippen molar-refractivity contribution in [1.29, 1.82) is 0 Å².